The lowest BCUT2D eigenvalue weighted by Gasteiger charge is -2.22. The van der Waals surface area contributed by atoms with Crippen LogP contribution in [0.4, 0.5) is 0 Å². The molecule has 1 fully saturated rings. The second-order valence-corrected chi connectivity index (χ2v) is 6.64. The van der Waals surface area contributed by atoms with Crippen molar-refractivity contribution >= 4 is 11.6 Å². The Bertz CT molecular complexity index is 908. The lowest BCUT2D eigenvalue weighted by Crippen LogP contribution is -2.33. The first-order chi connectivity index (χ1) is 11.6. The van der Waals surface area contributed by atoms with Crippen LogP contribution in [0.15, 0.2) is 48.8 Å². The Kier molecular flexibility index (Phi) is 3.60. The molecule has 0 bridgehead atoms. The van der Waals surface area contributed by atoms with Crippen molar-refractivity contribution in [1.29, 1.82) is 0 Å². The van der Waals surface area contributed by atoms with Crippen LogP contribution < -0.4 is 0 Å². The summed E-state index contributed by atoms with van der Waals surface area (Å²) in [5.74, 6) is 0.117. The number of imidazole rings is 1. The van der Waals surface area contributed by atoms with E-state index in [9.17, 15) is 4.79 Å². The van der Waals surface area contributed by atoms with E-state index >= 15 is 0 Å². The molecular weight excluding hydrogens is 298 g/mol. The van der Waals surface area contributed by atoms with Crippen molar-refractivity contribution in [3.05, 3.63) is 71.2 Å². The maximum absolute atomic E-state index is 13.0. The topological polar surface area (TPSA) is 37.6 Å². The maximum atomic E-state index is 13.0. The molecule has 4 heteroatoms. The molecule has 0 unspecified atom stereocenters. The van der Waals surface area contributed by atoms with E-state index in [0.29, 0.717) is 12.6 Å². The van der Waals surface area contributed by atoms with Crippen LogP contribution in [0.5, 0.6) is 0 Å². The second kappa shape index (κ2) is 5.78. The van der Waals surface area contributed by atoms with Gasteiger partial charge in [0.1, 0.15) is 5.65 Å². The molecule has 1 aliphatic rings. The van der Waals surface area contributed by atoms with Gasteiger partial charge >= 0.3 is 0 Å². The number of fused-ring (bicyclic) bond motifs is 1. The van der Waals surface area contributed by atoms with Crippen molar-refractivity contribution in [1.82, 2.24) is 14.3 Å². The number of rotatable bonds is 4. The van der Waals surface area contributed by atoms with E-state index in [1.54, 1.807) is 0 Å². The number of aryl methyl sites for hydroxylation is 2. The average molecular weight is 319 g/mol. The van der Waals surface area contributed by atoms with Gasteiger partial charge in [0.25, 0.3) is 5.91 Å². The largest absolute Gasteiger partial charge is 0.330 e. The smallest absolute Gasteiger partial charge is 0.254 e. The average Bonchev–Trinajstić information content (AvgIpc) is 3.35. The van der Waals surface area contributed by atoms with Gasteiger partial charge in [-0.05, 0) is 62.1 Å². The van der Waals surface area contributed by atoms with E-state index in [4.69, 9.17) is 0 Å². The normalized spacial score (nSPS) is 14.1. The number of benzene rings is 1. The van der Waals surface area contributed by atoms with Crippen LogP contribution in [0.3, 0.4) is 0 Å². The Balaban J connectivity index is 1.65. The molecule has 1 aromatic carbocycles. The Hall–Kier alpha value is -2.62. The van der Waals surface area contributed by atoms with Gasteiger partial charge in [0, 0.05) is 17.8 Å². The summed E-state index contributed by atoms with van der Waals surface area (Å²) in [6, 6.07) is 12.3. The summed E-state index contributed by atoms with van der Waals surface area (Å²) in [6.07, 6.45) is 6.06. The van der Waals surface area contributed by atoms with Gasteiger partial charge in [0.2, 0.25) is 0 Å². The van der Waals surface area contributed by atoms with E-state index in [2.05, 4.69) is 23.2 Å². The van der Waals surface area contributed by atoms with Crippen LogP contribution in [-0.4, -0.2) is 26.2 Å². The molecule has 1 saturated carbocycles. The number of amides is 1. The van der Waals surface area contributed by atoms with E-state index in [0.717, 1.165) is 35.3 Å². The van der Waals surface area contributed by atoms with Crippen LogP contribution in [-0.2, 0) is 6.54 Å². The second-order valence-electron chi connectivity index (χ2n) is 6.64. The van der Waals surface area contributed by atoms with Crippen LogP contribution in [0, 0.1) is 13.8 Å². The summed E-state index contributed by atoms with van der Waals surface area (Å²) in [5.41, 5.74) is 5.12. The number of nitrogens with zero attached hydrogens (tertiary/aromatic N) is 3. The zero-order valence-electron chi connectivity index (χ0n) is 14.1. The van der Waals surface area contributed by atoms with Crippen molar-refractivity contribution in [2.45, 2.75) is 39.3 Å². The van der Waals surface area contributed by atoms with Crippen molar-refractivity contribution in [2.24, 2.45) is 0 Å². The monoisotopic (exact) mass is 319 g/mol. The molecule has 2 heterocycles. The molecule has 0 N–H and O–H groups in total. The highest BCUT2D eigenvalue weighted by molar-refractivity contribution is 5.94. The summed E-state index contributed by atoms with van der Waals surface area (Å²) in [7, 11) is 0. The quantitative estimate of drug-likeness (QED) is 0.734. The number of hydrogen-bond donors (Lipinski definition) is 0. The summed E-state index contributed by atoms with van der Waals surface area (Å²) >= 11 is 0. The third-order valence-electron chi connectivity index (χ3n) is 4.83. The molecular formula is C20H21N3O. The van der Waals surface area contributed by atoms with Gasteiger partial charge in [-0.2, -0.15) is 0 Å². The highest BCUT2D eigenvalue weighted by Gasteiger charge is 2.33. The molecule has 4 nitrogen and oxygen atoms in total. The van der Waals surface area contributed by atoms with Crippen molar-refractivity contribution in [3.8, 4) is 0 Å². The minimum atomic E-state index is 0.117. The molecule has 122 valence electrons. The molecule has 0 atom stereocenters. The van der Waals surface area contributed by atoms with E-state index in [1.807, 2.05) is 53.7 Å². The number of hydrogen-bond acceptors (Lipinski definition) is 2. The number of carbonyl (C=O) groups excluding carboxylic acids is 1. The predicted octanol–water partition coefficient (Wildman–Crippen LogP) is 3.76. The first-order valence-corrected chi connectivity index (χ1v) is 8.42. The van der Waals surface area contributed by atoms with Gasteiger partial charge in [-0.3, -0.25) is 4.79 Å². The van der Waals surface area contributed by atoms with Crippen LogP contribution in [0.25, 0.3) is 5.65 Å². The van der Waals surface area contributed by atoms with Gasteiger partial charge in [0.15, 0.2) is 0 Å². The van der Waals surface area contributed by atoms with E-state index in [-0.39, 0.29) is 5.91 Å². The standard InChI is InChI=1S/C20H21N3O/c1-14-6-7-16(11-15(14)2)20(24)23(17-8-9-17)13-18-12-21-19-5-3-4-10-22(18)19/h3-7,10-12,17H,8-9,13H2,1-2H3. The lowest BCUT2D eigenvalue weighted by molar-refractivity contribution is 0.0727. The zero-order chi connectivity index (χ0) is 16.7. The zero-order valence-corrected chi connectivity index (χ0v) is 14.1. The molecule has 0 aliphatic heterocycles. The van der Waals surface area contributed by atoms with Crippen molar-refractivity contribution < 1.29 is 4.79 Å². The van der Waals surface area contributed by atoms with Gasteiger partial charge in [-0.1, -0.05) is 12.1 Å². The third-order valence-corrected chi connectivity index (χ3v) is 4.83. The Morgan fingerprint density at radius 2 is 2.04 bits per heavy atom. The molecule has 24 heavy (non-hydrogen) atoms. The lowest BCUT2D eigenvalue weighted by atomic mass is 10.1. The van der Waals surface area contributed by atoms with Gasteiger partial charge in [-0.15, -0.1) is 0 Å². The first kappa shape index (κ1) is 14.9. The van der Waals surface area contributed by atoms with Crippen molar-refractivity contribution in [2.75, 3.05) is 0 Å². The molecule has 1 aliphatic carbocycles. The van der Waals surface area contributed by atoms with Crippen LogP contribution in [0.2, 0.25) is 0 Å². The van der Waals surface area contributed by atoms with Gasteiger partial charge in [-0.25, -0.2) is 4.98 Å². The van der Waals surface area contributed by atoms with Gasteiger partial charge < -0.3 is 9.30 Å². The van der Waals surface area contributed by atoms with Gasteiger partial charge in [0.05, 0.1) is 18.4 Å². The Morgan fingerprint density at radius 1 is 1.21 bits per heavy atom. The molecule has 3 aromatic rings. The molecule has 1 amide bonds. The number of pyridine rings is 1. The minimum absolute atomic E-state index is 0.117. The van der Waals surface area contributed by atoms with E-state index < -0.39 is 0 Å². The fraction of sp³-hybridized carbons (Fsp3) is 0.300. The summed E-state index contributed by atoms with van der Waals surface area (Å²) in [4.78, 5) is 19.5. The number of carbonyl (C=O) groups is 1. The summed E-state index contributed by atoms with van der Waals surface area (Å²) in [6.45, 7) is 4.72. The summed E-state index contributed by atoms with van der Waals surface area (Å²) in [5, 5.41) is 0. The molecule has 0 radical (unpaired) electrons. The van der Waals surface area contributed by atoms with Crippen molar-refractivity contribution in [3.63, 3.8) is 0 Å². The minimum Gasteiger partial charge on any atom is -0.330 e. The first-order valence-electron chi connectivity index (χ1n) is 8.42. The predicted molar refractivity (Wildman–Crippen MR) is 94.0 cm³/mol. The highest BCUT2D eigenvalue weighted by atomic mass is 16.2. The summed E-state index contributed by atoms with van der Waals surface area (Å²) < 4.78 is 2.06. The molecule has 4 rings (SSSR count). The highest BCUT2D eigenvalue weighted by Crippen LogP contribution is 2.30. The fourth-order valence-corrected chi connectivity index (χ4v) is 3.07. The molecule has 2 aromatic heterocycles. The third kappa shape index (κ3) is 2.68. The fourth-order valence-electron chi connectivity index (χ4n) is 3.07. The maximum Gasteiger partial charge on any atom is 0.254 e. The SMILES string of the molecule is Cc1ccc(C(=O)N(Cc2cnc3ccccn23)C2CC2)cc1C. The molecule has 0 spiro atoms. The number of aromatic nitrogens is 2. The Labute approximate surface area is 141 Å². The van der Waals surface area contributed by atoms with Crippen LogP contribution >= 0.6 is 0 Å². The Morgan fingerprint density at radius 3 is 2.79 bits per heavy atom. The van der Waals surface area contributed by atoms with Crippen LogP contribution in [0.1, 0.15) is 40.0 Å². The van der Waals surface area contributed by atoms with E-state index in [1.165, 1.54) is 5.56 Å². The molecule has 0 saturated heterocycles.